The molecule has 122 valence electrons. The number of carbonyl (C=O) groups excluding carboxylic acids is 1. The predicted molar refractivity (Wildman–Crippen MR) is 87.2 cm³/mol. The van der Waals surface area contributed by atoms with Crippen molar-refractivity contribution in [3.8, 4) is 0 Å². The van der Waals surface area contributed by atoms with Crippen LogP contribution in [0.15, 0.2) is 36.7 Å². The molecule has 2 aromatic rings. The number of nitrogens with one attached hydrogen (secondary N) is 1. The number of benzene rings is 1. The standard InChI is InChI=1S/C17H18ClFN2O2/c1-2-14(21-8-9-22)12-5-6-13(18)15(16(12)19)17(23)11-4-3-7-20-10-11/h3-7,10,14,21-22H,2,8-9H2,1H3/t14-/m1/s1. The molecule has 6 heteroatoms. The predicted octanol–water partition coefficient (Wildman–Crippen LogP) is 3.14. The smallest absolute Gasteiger partial charge is 0.199 e. The van der Waals surface area contributed by atoms with Crippen molar-refractivity contribution in [2.45, 2.75) is 19.4 Å². The van der Waals surface area contributed by atoms with Crippen LogP contribution in [0, 0.1) is 5.82 Å². The Balaban J connectivity index is 2.44. The molecule has 0 spiro atoms. The molecule has 23 heavy (non-hydrogen) atoms. The zero-order valence-corrected chi connectivity index (χ0v) is 13.5. The summed E-state index contributed by atoms with van der Waals surface area (Å²) in [4.78, 5) is 16.4. The molecular weight excluding hydrogens is 319 g/mol. The van der Waals surface area contributed by atoms with Crippen LogP contribution in [0.1, 0.15) is 40.9 Å². The van der Waals surface area contributed by atoms with Crippen molar-refractivity contribution < 1.29 is 14.3 Å². The number of aliphatic hydroxyl groups is 1. The first kappa shape index (κ1) is 17.5. The van der Waals surface area contributed by atoms with Crippen molar-refractivity contribution in [2.75, 3.05) is 13.2 Å². The van der Waals surface area contributed by atoms with Crippen LogP contribution in [0.5, 0.6) is 0 Å². The zero-order valence-electron chi connectivity index (χ0n) is 12.7. The Morgan fingerprint density at radius 3 is 2.83 bits per heavy atom. The van der Waals surface area contributed by atoms with E-state index in [9.17, 15) is 9.18 Å². The van der Waals surface area contributed by atoms with Crippen molar-refractivity contribution in [3.63, 3.8) is 0 Å². The molecule has 1 aromatic heterocycles. The Morgan fingerprint density at radius 1 is 1.43 bits per heavy atom. The highest BCUT2D eigenvalue weighted by molar-refractivity contribution is 6.35. The molecule has 0 radical (unpaired) electrons. The van der Waals surface area contributed by atoms with Crippen LogP contribution in [-0.2, 0) is 0 Å². The summed E-state index contributed by atoms with van der Waals surface area (Å²) in [6.45, 7) is 2.19. The van der Waals surface area contributed by atoms with Crippen molar-refractivity contribution >= 4 is 17.4 Å². The van der Waals surface area contributed by atoms with Gasteiger partial charge in [-0.15, -0.1) is 0 Å². The Morgan fingerprint density at radius 2 is 2.22 bits per heavy atom. The van der Waals surface area contributed by atoms with E-state index in [2.05, 4.69) is 10.3 Å². The minimum Gasteiger partial charge on any atom is -0.395 e. The largest absolute Gasteiger partial charge is 0.395 e. The molecular formula is C17H18ClFN2O2. The fourth-order valence-electron chi connectivity index (χ4n) is 2.40. The van der Waals surface area contributed by atoms with E-state index in [0.29, 0.717) is 18.5 Å². The molecule has 0 aliphatic heterocycles. The van der Waals surface area contributed by atoms with E-state index in [4.69, 9.17) is 16.7 Å². The lowest BCUT2D eigenvalue weighted by Crippen LogP contribution is -2.25. The van der Waals surface area contributed by atoms with E-state index in [1.54, 1.807) is 18.2 Å². The van der Waals surface area contributed by atoms with Crippen LogP contribution >= 0.6 is 11.6 Å². The molecule has 0 aliphatic carbocycles. The number of hydrogen-bond acceptors (Lipinski definition) is 4. The van der Waals surface area contributed by atoms with Crippen molar-refractivity contribution in [1.82, 2.24) is 10.3 Å². The second-order valence-corrected chi connectivity index (χ2v) is 5.44. The first-order valence-electron chi connectivity index (χ1n) is 7.37. The highest BCUT2D eigenvalue weighted by Crippen LogP contribution is 2.29. The average molecular weight is 337 g/mol. The van der Waals surface area contributed by atoms with Gasteiger partial charge < -0.3 is 10.4 Å². The third-order valence-corrected chi connectivity index (χ3v) is 3.87. The second kappa shape index (κ2) is 8.15. The van der Waals surface area contributed by atoms with Gasteiger partial charge in [-0.2, -0.15) is 0 Å². The van der Waals surface area contributed by atoms with E-state index in [-0.39, 0.29) is 28.8 Å². The average Bonchev–Trinajstić information content (AvgIpc) is 2.57. The monoisotopic (exact) mass is 336 g/mol. The highest BCUT2D eigenvalue weighted by atomic mass is 35.5. The van der Waals surface area contributed by atoms with Crippen LogP contribution in [-0.4, -0.2) is 29.0 Å². The number of nitrogens with zero attached hydrogens (tertiary/aromatic N) is 1. The Kier molecular flexibility index (Phi) is 6.21. The van der Waals surface area contributed by atoms with E-state index < -0.39 is 11.6 Å². The van der Waals surface area contributed by atoms with Gasteiger partial charge in [0.1, 0.15) is 5.82 Å². The van der Waals surface area contributed by atoms with E-state index >= 15 is 0 Å². The number of pyridine rings is 1. The lowest BCUT2D eigenvalue weighted by Gasteiger charge is -2.19. The van der Waals surface area contributed by atoms with Crippen molar-refractivity contribution in [1.29, 1.82) is 0 Å². The van der Waals surface area contributed by atoms with Gasteiger partial charge in [-0.3, -0.25) is 9.78 Å². The highest BCUT2D eigenvalue weighted by Gasteiger charge is 2.23. The minimum atomic E-state index is -0.636. The maximum atomic E-state index is 14.9. The summed E-state index contributed by atoms with van der Waals surface area (Å²) < 4.78 is 14.9. The van der Waals surface area contributed by atoms with Crippen LogP contribution in [0.2, 0.25) is 5.02 Å². The summed E-state index contributed by atoms with van der Waals surface area (Å²) in [7, 11) is 0. The van der Waals surface area contributed by atoms with Gasteiger partial charge in [0.2, 0.25) is 0 Å². The number of halogens is 2. The van der Waals surface area contributed by atoms with Gasteiger partial charge in [-0.1, -0.05) is 24.6 Å². The fourth-order valence-corrected chi connectivity index (χ4v) is 2.63. The summed E-state index contributed by atoms with van der Waals surface area (Å²) >= 11 is 6.06. The van der Waals surface area contributed by atoms with Gasteiger partial charge >= 0.3 is 0 Å². The Bertz CT molecular complexity index is 680. The van der Waals surface area contributed by atoms with Crippen LogP contribution in [0.4, 0.5) is 4.39 Å². The normalized spacial score (nSPS) is 12.2. The minimum absolute atomic E-state index is 0.0484. The van der Waals surface area contributed by atoms with Gasteiger partial charge in [0.15, 0.2) is 5.78 Å². The van der Waals surface area contributed by atoms with Gasteiger partial charge in [0.05, 0.1) is 17.2 Å². The first-order chi connectivity index (χ1) is 11.1. The molecule has 1 atom stereocenters. The molecule has 0 bridgehead atoms. The number of ketones is 1. The molecule has 0 amide bonds. The van der Waals surface area contributed by atoms with Crippen molar-refractivity contribution in [3.05, 3.63) is 64.2 Å². The number of aliphatic hydroxyl groups excluding tert-OH is 1. The Labute approximate surface area is 139 Å². The number of rotatable bonds is 7. The summed E-state index contributed by atoms with van der Waals surface area (Å²) in [5.74, 6) is -1.14. The van der Waals surface area contributed by atoms with Crippen LogP contribution < -0.4 is 5.32 Å². The fraction of sp³-hybridized carbons (Fsp3) is 0.294. The molecule has 0 aliphatic rings. The van der Waals surface area contributed by atoms with E-state index in [1.807, 2.05) is 6.92 Å². The SMILES string of the molecule is CC[C@@H](NCCO)c1ccc(Cl)c(C(=O)c2cccnc2)c1F. The zero-order chi connectivity index (χ0) is 16.8. The lowest BCUT2D eigenvalue weighted by atomic mass is 9.96. The maximum absolute atomic E-state index is 14.9. The first-order valence-corrected chi connectivity index (χ1v) is 7.74. The number of hydrogen-bond donors (Lipinski definition) is 2. The summed E-state index contributed by atoms with van der Waals surface area (Å²) in [6.07, 6.45) is 3.53. The van der Waals surface area contributed by atoms with E-state index in [1.165, 1.54) is 18.5 Å². The maximum Gasteiger partial charge on any atom is 0.199 e. The molecule has 2 rings (SSSR count). The molecule has 0 saturated carbocycles. The number of aromatic nitrogens is 1. The third kappa shape index (κ3) is 3.93. The molecule has 4 nitrogen and oxygen atoms in total. The van der Waals surface area contributed by atoms with Gasteiger partial charge in [-0.25, -0.2) is 4.39 Å². The van der Waals surface area contributed by atoms with E-state index in [0.717, 1.165) is 0 Å². The molecule has 0 saturated heterocycles. The second-order valence-electron chi connectivity index (χ2n) is 5.03. The van der Waals surface area contributed by atoms with Crippen LogP contribution in [0.3, 0.4) is 0 Å². The molecule has 2 N–H and O–H groups in total. The van der Waals surface area contributed by atoms with Gasteiger partial charge in [0, 0.05) is 36.1 Å². The molecule has 0 fully saturated rings. The molecule has 1 heterocycles. The number of carbonyl (C=O) groups is 1. The van der Waals surface area contributed by atoms with Gasteiger partial charge in [0.25, 0.3) is 0 Å². The quantitative estimate of drug-likeness (QED) is 0.762. The Hall–Kier alpha value is -1.82. The van der Waals surface area contributed by atoms with Gasteiger partial charge in [-0.05, 0) is 24.6 Å². The summed E-state index contributed by atoms with van der Waals surface area (Å²) in [5.41, 5.74) is 0.487. The third-order valence-electron chi connectivity index (χ3n) is 3.56. The summed E-state index contributed by atoms with van der Waals surface area (Å²) in [5, 5.41) is 12.0. The molecule has 1 aromatic carbocycles. The summed E-state index contributed by atoms with van der Waals surface area (Å²) in [6, 6.07) is 5.96. The lowest BCUT2D eigenvalue weighted by molar-refractivity contribution is 0.103. The van der Waals surface area contributed by atoms with Crippen molar-refractivity contribution in [2.24, 2.45) is 0 Å². The topological polar surface area (TPSA) is 62.2 Å². The molecule has 0 unspecified atom stereocenters. The van der Waals surface area contributed by atoms with Crippen LogP contribution in [0.25, 0.3) is 0 Å².